The van der Waals surface area contributed by atoms with Crippen LogP contribution in [-0.2, 0) is 16.6 Å². The van der Waals surface area contributed by atoms with Crippen LogP contribution >= 0.6 is 22.6 Å². The molecule has 24 heavy (non-hydrogen) atoms. The predicted molar refractivity (Wildman–Crippen MR) is 101 cm³/mol. The molecule has 1 aromatic heterocycles. The van der Waals surface area contributed by atoms with Crippen LogP contribution in [0.15, 0.2) is 41.4 Å². The van der Waals surface area contributed by atoms with E-state index >= 15 is 0 Å². The number of sulfonamides is 1. The number of hydrogen-bond acceptors (Lipinski definition) is 5. The zero-order valence-electron chi connectivity index (χ0n) is 13.2. The van der Waals surface area contributed by atoms with Gasteiger partial charge in [0.2, 0.25) is 16.0 Å². The van der Waals surface area contributed by atoms with Crippen LogP contribution in [0, 0.1) is 3.57 Å². The van der Waals surface area contributed by atoms with Crippen molar-refractivity contribution in [2.75, 3.05) is 18.0 Å². The van der Waals surface area contributed by atoms with Crippen LogP contribution in [0.1, 0.15) is 25.0 Å². The molecule has 2 heterocycles. The Bertz CT molecular complexity index is 790. The number of nitrogens with one attached hydrogen (secondary N) is 1. The van der Waals surface area contributed by atoms with E-state index in [0.717, 1.165) is 29.5 Å². The van der Waals surface area contributed by atoms with Gasteiger partial charge in [-0.3, -0.25) is 0 Å². The maximum absolute atomic E-state index is 12.3. The highest BCUT2D eigenvalue weighted by Crippen LogP contribution is 2.16. The quantitative estimate of drug-likeness (QED) is 0.698. The van der Waals surface area contributed by atoms with Crippen LogP contribution in [-0.4, -0.2) is 31.5 Å². The fraction of sp³-hybridized carbons (Fsp3) is 0.375. The van der Waals surface area contributed by atoms with Gasteiger partial charge in [0.1, 0.15) is 0 Å². The molecule has 2 aromatic rings. The maximum Gasteiger partial charge on any atom is 0.240 e. The second-order valence-electron chi connectivity index (χ2n) is 5.67. The van der Waals surface area contributed by atoms with Crippen LogP contribution in [0.5, 0.6) is 0 Å². The molecule has 1 saturated heterocycles. The Kier molecular flexibility index (Phi) is 5.67. The third-order valence-corrected chi connectivity index (χ3v) is 6.04. The normalized spacial score (nSPS) is 15.5. The van der Waals surface area contributed by atoms with Crippen LogP contribution in [0.4, 0.5) is 5.95 Å². The molecular weight excluding hydrogens is 439 g/mol. The summed E-state index contributed by atoms with van der Waals surface area (Å²) in [6, 6.07) is 8.49. The van der Waals surface area contributed by atoms with Gasteiger partial charge in [0, 0.05) is 22.9 Å². The van der Waals surface area contributed by atoms with E-state index in [-0.39, 0.29) is 11.4 Å². The molecule has 3 rings (SSSR count). The van der Waals surface area contributed by atoms with Crippen LogP contribution in [0.3, 0.4) is 0 Å². The molecule has 6 nitrogen and oxygen atoms in total. The van der Waals surface area contributed by atoms with Crippen molar-refractivity contribution >= 4 is 38.6 Å². The summed E-state index contributed by atoms with van der Waals surface area (Å²) in [6.07, 6.45) is 5.22. The number of benzene rings is 1. The van der Waals surface area contributed by atoms with Gasteiger partial charge in [-0.25, -0.2) is 23.1 Å². The molecule has 1 aliphatic heterocycles. The summed E-state index contributed by atoms with van der Waals surface area (Å²) >= 11 is 2.14. The van der Waals surface area contributed by atoms with E-state index in [2.05, 4.69) is 42.2 Å². The third kappa shape index (κ3) is 4.42. The smallest absolute Gasteiger partial charge is 0.240 e. The van der Waals surface area contributed by atoms with E-state index in [1.807, 2.05) is 0 Å². The van der Waals surface area contributed by atoms with Crippen LogP contribution in [0.25, 0.3) is 0 Å². The third-order valence-electron chi connectivity index (χ3n) is 3.91. The van der Waals surface area contributed by atoms with E-state index in [0.29, 0.717) is 11.6 Å². The van der Waals surface area contributed by atoms with Crippen molar-refractivity contribution in [3.8, 4) is 0 Å². The summed E-state index contributed by atoms with van der Waals surface area (Å²) in [7, 11) is -3.54. The fourth-order valence-electron chi connectivity index (χ4n) is 2.60. The standard InChI is InChI=1S/C16H19IN4O2S/c17-13-4-6-15(7-5-13)24(22,23)19-12-14-8-9-18-16(20-14)21-10-2-1-3-11-21/h4-9,19H,1-3,10-12H2. The van der Waals surface area contributed by atoms with Gasteiger partial charge in [0.25, 0.3) is 0 Å². The first-order chi connectivity index (χ1) is 11.5. The molecule has 0 atom stereocenters. The highest BCUT2D eigenvalue weighted by atomic mass is 127. The van der Waals surface area contributed by atoms with Gasteiger partial charge < -0.3 is 4.90 Å². The lowest BCUT2D eigenvalue weighted by Crippen LogP contribution is -2.31. The molecular formula is C16H19IN4O2S. The minimum atomic E-state index is -3.54. The van der Waals surface area contributed by atoms with E-state index in [1.165, 1.54) is 6.42 Å². The number of aromatic nitrogens is 2. The number of rotatable bonds is 5. The largest absolute Gasteiger partial charge is 0.341 e. The first-order valence-electron chi connectivity index (χ1n) is 7.87. The second-order valence-corrected chi connectivity index (χ2v) is 8.69. The fourth-order valence-corrected chi connectivity index (χ4v) is 3.95. The summed E-state index contributed by atoms with van der Waals surface area (Å²) in [5.74, 6) is 0.681. The molecule has 0 aliphatic carbocycles. The summed E-state index contributed by atoms with van der Waals surface area (Å²) in [5, 5.41) is 0. The lowest BCUT2D eigenvalue weighted by atomic mass is 10.1. The van der Waals surface area contributed by atoms with Crippen LogP contribution < -0.4 is 9.62 Å². The molecule has 0 bridgehead atoms. The number of hydrogen-bond donors (Lipinski definition) is 1. The van der Waals surface area contributed by atoms with E-state index in [9.17, 15) is 8.42 Å². The molecule has 0 spiro atoms. The Balaban J connectivity index is 1.68. The average molecular weight is 458 g/mol. The zero-order valence-corrected chi connectivity index (χ0v) is 16.1. The molecule has 8 heteroatoms. The van der Waals surface area contributed by atoms with E-state index < -0.39 is 10.0 Å². The summed E-state index contributed by atoms with van der Waals surface area (Å²) in [4.78, 5) is 11.2. The predicted octanol–water partition coefficient (Wildman–Crippen LogP) is 2.55. The minimum Gasteiger partial charge on any atom is -0.341 e. The molecule has 0 radical (unpaired) electrons. The summed E-state index contributed by atoms with van der Waals surface area (Å²) < 4.78 is 28.3. The first-order valence-corrected chi connectivity index (χ1v) is 10.4. The van der Waals surface area contributed by atoms with Gasteiger partial charge in [0.05, 0.1) is 17.1 Å². The molecule has 1 aliphatic rings. The first kappa shape index (κ1) is 17.6. The van der Waals surface area contributed by atoms with Gasteiger partial charge in [-0.05, 0) is 72.2 Å². The number of nitrogens with zero attached hydrogens (tertiary/aromatic N) is 3. The van der Waals surface area contributed by atoms with Crippen LogP contribution in [0.2, 0.25) is 0 Å². The minimum absolute atomic E-state index is 0.150. The van der Waals surface area contributed by atoms with Gasteiger partial charge in [-0.15, -0.1) is 0 Å². The highest BCUT2D eigenvalue weighted by molar-refractivity contribution is 14.1. The molecule has 0 saturated carbocycles. The Morgan fingerprint density at radius 3 is 2.50 bits per heavy atom. The Hall–Kier alpha value is -1.26. The summed E-state index contributed by atoms with van der Waals surface area (Å²) in [6.45, 7) is 2.06. The zero-order chi connectivity index (χ0) is 17.0. The molecule has 1 fully saturated rings. The number of halogens is 1. The van der Waals surface area contributed by atoms with Crippen molar-refractivity contribution in [2.45, 2.75) is 30.7 Å². The number of piperidine rings is 1. The molecule has 1 N–H and O–H groups in total. The van der Waals surface area contributed by atoms with Gasteiger partial charge in [0.15, 0.2) is 0 Å². The van der Waals surface area contributed by atoms with Crippen molar-refractivity contribution < 1.29 is 8.42 Å². The van der Waals surface area contributed by atoms with Gasteiger partial charge in [-0.1, -0.05) is 0 Å². The van der Waals surface area contributed by atoms with Crippen molar-refractivity contribution in [2.24, 2.45) is 0 Å². The Morgan fingerprint density at radius 2 is 1.79 bits per heavy atom. The average Bonchev–Trinajstić information content (AvgIpc) is 2.61. The van der Waals surface area contributed by atoms with Gasteiger partial charge >= 0.3 is 0 Å². The number of anilines is 1. The molecule has 1 aromatic carbocycles. The SMILES string of the molecule is O=S(=O)(NCc1ccnc(N2CCCCC2)n1)c1ccc(I)cc1. The van der Waals surface area contributed by atoms with Gasteiger partial charge in [-0.2, -0.15) is 0 Å². The molecule has 128 valence electrons. The van der Waals surface area contributed by atoms with Crippen molar-refractivity contribution in [1.82, 2.24) is 14.7 Å². The van der Waals surface area contributed by atoms with Crippen molar-refractivity contribution in [3.63, 3.8) is 0 Å². The Morgan fingerprint density at radius 1 is 1.08 bits per heavy atom. The molecule has 0 amide bonds. The summed E-state index contributed by atoms with van der Waals surface area (Å²) in [5.41, 5.74) is 0.666. The maximum atomic E-state index is 12.3. The lowest BCUT2D eigenvalue weighted by Gasteiger charge is -2.26. The van der Waals surface area contributed by atoms with E-state index in [4.69, 9.17) is 0 Å². The topological polar surface area (TPSA) is 75.2 Å². The van der Waals surface area contributed by atoms with Crippen molar-refractivity contribution in [3.05, 3.63) is 45.8 Å². The van der Waals surface area contributed by atoms with E-state index in [1.54, 1.807) is 36.5 Å². The highest BCUT2D eigenvalue weighted by Gasteiger charge is 2.16. The second kappa shape index (κ2) is 7.75. The lowest BCUT2D eigenvalue weighted by molar-refractivity contribution is 0.566. The monoisotopic (exact) mass is 458 g/mol. The Labute approximate surface area is 155 Å². The molecule has 0 unspecified atom stereocenters. The van der Waals surface area contributed by atoms with Crippen molar-refractivity contribution in [1.29, 1.82) is 0 Å².